The summed E-state index contributed by atoms with van der Waals surface area (Å²) in [5.74, 6) is 1.97. The van der Waals surface area contributed by atoms with Gasteiger partial charge in [-0.3, -0.25) is 19.6 Å². The fourth-order valence-electron chi connectivity index (χ4n) is 6.46. The van der Waals surface area contributed by atoms with Gasteiger partial charge >= 0.3 is 11.9 Å². The molecule has 60 heavy (non-hydrogen) atoms. The molecule has 0 aliphatic rings. The monoisotopic (exact) mass is 810 g/mol. The molecule has 2 aromatic carbocycles. The average Bonchev–Trinajstić information content (AvgIpc) is 4.05. The summed E-state index contributed by atoms with van der Waals surface area (Å²) >= 11 is 0. The Balaban J connectivity index is 0.000000165. The van der Waals surface area contributed by atoms with E-state index in [0.29, 0.717) is 12.8 Å². The standard InChI is InChI=1S/2C19H20N6.C6H10O4/c2*1-13-11-20-14(2)19-22-17(23-25(13)19)9-10-18-21-16(12-24(18)3)15-7-5-4-6-8-15;7-5(8)3-1-2-4-6(9)10/h2*4-8,11-12H,9-10H2,1-3H3;1-4H2,(H,7,8)(H,9,10). The smallest absolute Gasteiger partial charge is 0.303 e. The summed E-state index contributed by atoms with van der Waals surface area (Å²) in [6, 6.07) is 20.5. The minimum Gasteiger partial charge on any atom is -0.481 e. The molecule has 16 nitrogen and oxygen atoms in total. The zero-order valence-corrected chi connectivity index (χ0v) is 34.8. The summed E-state index contributed by atoms with van der Waals surface area (Å²) in [6.07, 6.45) is 11.9. The second-order valence-corrected chi connectivity index (χ2v) is 14.5. The number of rotatable bonds is 13. The topological polar surface area (TPSA) is 196 Å². The van der Waals surface area contributed by atoms with Crippen LogP contribution in [0.4, 0.5) is 0 Å². The number of aliphatic carboxylic acids is 2. The van der Waals surface area contributed by atoms with E-state index in [1.807, 2.05) is 99.6 Å². The number of aryl methyl sites for hydroxylation is 10. The van der Waals surface area contributed by atoms with Gasteiger partial charge in [-0.15, -0.1) is 0 Å². The first-order valence-corrected chi connectivity index (χ1v) is 19.8. The lowest BCUT2D eigenvalue weighted by Gasteiger charge is -1.98. The van der Waals surface area contributed by atoms with Crippen LogP contribution in [0.1, 0.15) is 71.8 Å². The summed E-state index contributed by atoms with van der Waals surface area (Å²) in [7, 11) is 4.06. The molecule has 0 atom stereocenters. The molecule has 310 valence electrons. The Hall–Kier alpha value is -7.10. The van der Waals surface area contributed by atoms with Gasteiger partial charge in [0.15, 0.2) is 22.9 Å². The minimum absolute atomic E-state index is 0.0628. The molecule has 8 rings (SSSR count). The van der Waals surface area contributed by atoms with Crippen LogP contribution in [0, 0.1) is 27.7 Å². The molecule has 2 N–H and O–H groups in total. The third-order valence-corrected chi connectivity index (χ3v) is 9.77. The van der Waals surface area contributed by atoms with Gasteiger partial charge < -0.3 is 19.3 Å². The number of aromatic nitrogens is 12. The van der Waals surface area contributed by atoms with Gasteiger partial charge in [-0.25, -0.2) is 29.0 Å². The molecule has 0 aliphatic heterocycles. The summed E-state index contributed by atoms with van der Waals surface area (Å²) < 4.78 is 7.89. The number of fused-ring (bicyclic) bond motifs is 2. The van der Waals surface area contributed by atoms with Gasteiger partial charge in [0.05, 0.1) is 34.2 Å². The van der Waals surface area contributed by atoms with Crippen molar-refractivity contribution in [3.05, 3.63) is 132 Å². The average molecular weight is 811 g/mol. The van der Waals surface area contributed by atoms with Crippen LogP contribution in [0.25, 0.3) is 33.8 Å². The van der Waals surface area contributed by atoms with E-state index in [9.17, 15) is 9.59 Å². The predicted molar refractivity (Wildman–Crippen MR) is 226 cm³/mol. The van der Waals surface area contributed by atoms with Crippen LogP contribution >= 0.6 is 0 Å². The molecule has 0 saturated carbocycles. The normalized spacial score (nSPS) is 11.0. The lowest BCUT2D eigenvalue weighted by atomic mass is 10.2. The molecule has 0 fully saturated rings. The zero-order chi connectivity index (χ0) is 42.8. The van der Waals surface area contributed by atoms with E-state index in [-0.39, 0.29) is 12.8 Å². The Labute approximate surface area is 347 Å². The molecule has 0 radical (unpaired) electrons. The number of hydrogen-bond donors (Lipinski definition) is 2. The molecule has 0 spiro atoms. The van der Waals surface area contributed by atoms with Gasteiger partial charge in [0, 0.05) is 88.5 Å². The van der Waals surface area contributed by atoms with Crippen LogP contribution < -0.4 is 0 Å². The van der Waals surface area contributed by atoms with Crippen molar-refractivity contribution in [2.45, 2.75) is 79.1 Å². The Morgan fingerprint density at radius 3 is 1.28 bits per heavy atom. The lowest BCUT2D eigenvalue weighted by molar-refractivity contribution is -0.139. The van der Waals surface area contributed by atoms with Crippen LogP contribution in [0.5, 0.6) is 0 Å². The maximum Gasteiger partial charge on any atom is 0.303 e. The van der Waals surface area contributed by atoms with E-state index in [4.69, 9.17) is 20.2 Å². The number of unbranched alkanes of at least 4 members (excludes halogenated alkanes) is 1. The maximum absolute atomic E-state index is 9.90. The lowest BCUT2D eigenvalue weighted by Crippen LogP contribution is -2.01. The summed E-state index contributed by atoms with van der Waals surface area (Å²) in [5, 5.41) is 25.5. The summed E-state index contributed by atoms with van der Waals surface area (Å²) in [6.45, 7) is 7.89. The van der Waals surface area contributed by atoms with Crippen molar-refractivity contribution in [3.8, 4) is 22.5 Å². The fraction of sp³-hybridized carbons (Fsp3) is 0.318. The minimum atomic E-state index is -0.870. The van der Waals surface area contributed by atoms with E-state index in [2.05, 4.69) is 75.9 Å². The molecule has 0 bridgehead atoms. The van der Waals surface area contributed by atoms with Crippen molar-refractivity contribution < 1.29 is 19.8 Å². The molecule has 0 aliphatic carbocycles. The fourth-order valence-corrected chi connectivity index (χ4v) is 6.46. The van der Waals surface area contributed by atoms with Crippen molar-refractivity contribution in [1.82, 2.24) is 58.3 Å². The molecule has 8 aromatic rings. The third-order valence-electron chi connectivity index (χ3n) is 9.77. The number of benzene rings is 2. The number of hydrogen-bond acceptors (Lipinski definition) is 10. The second kappa shape index (κ2) is 19.6. The Bertz CT molecular complexity index is 2430. The van der Waals surface area contributed by atoms with Gasteiger partial charge in [0.2, 0.25) is 0 Å². The Morgan fingerprint density at radius 1 is 0.550 bits per heavy atom. The van der Waals surface area contributed by atoms with Crippen molar-refractivity contribution in [2.75, 3.05) is 0 Å². The molecule has 6 heterocycles. The van der Waals surface area contributed by atoms with Crippen LogP contribution in [0.3, 0.4) is 0 Å². The highest BCUT2D eigenvalue weighted by Crippen LogP contribution is 2.20. The van der Waals surface area contributed by atoms with Gasteiger partial charge in [-0.05, 0) is 40.5 Å². The number of carboxylic acid groups (broad SMARTS) is 2. The SMILES string of the molecule is Cc1ncc(C)n2nc(CCc3nc(-c4ccccc4)cn3C)nc12.Cc1ncc(C)n2nc(CCc3nc(-c4ccccc4)cn3C)nc12.O=C(O)CCCCC(=O)O. The third kappa shape index (κ3) is 10.9. The van der Waals surface area contributed by atoms with E-state index in [0.717, 1.165) is 106 Å². The molecular formula is C44H50N12O4. The van der Waals surface area contributed by atoms with Crippen LogP contribution in [0.2, 0.25) is 0 Å². The first-order chi connectivity index (χ1) is 28.9. The van der Waals surface area contributed by atoms with Crippen molar-refractivity contribution in [3.63, 3.8) is 0 Å². The first-order valence-electron chi connectivity index (χ1n) is 19.8. The molecule has 0 amide bonds. The molecule has 0 unspecified atom stereocenters. The number of imidazole rings is 2. The maximum atomic E-state index is 9.90. The highest BCUT2D eigenvalue weighted by atomic mass is 16.4. The van der Waals surface area contributed by atoms with Gasteiger partial charge in [-0.2, -0.15) is 10.2 Å². The van der Waals surface area contributed by atoms with Crippen molar-refractivity contribution in [2.24, 2.45) is 14.1 Å². The second-order valence-electron chi connectivity index (χ2n) is 14.5. The van der Waals surface area contributed by atoms with Crippen LogP contribution in [-0.4, -0.2) is 80.4 Å². The highest BCUT2D eigenvalue weighted by Gasteiger charge is 2.14. The van der Waals surface area contributed by atoms with Crippen molar-refractivity contribution in [1.29, 1.82) is 0 Å². The van der Waals surface area contributed by atoms with Gasteiger partial charge in [-0.1, -0.05) is 60.7 Å². The van der Waals surface area contributed by atoms with Crippen LogP contribution in [-0.2, 0) is 49.4 Å². The first kappa shape index (κ1) is 42.5. The van der Waals surface area contributed by atoms with E-state index < -0.39 is 11.9 Å². The largest absolute Gasteiger partial charge is 0.481 e. The zero-order valence-electron chi connectivity index (χ0n) is 34.8. The summed E-state index contributed by atoms with van der Waals surface area (Å²) in [4.78, 5) is 47.3. The summed E-state index contributed by atoms with van der Waals surface area (Å²) in [5.41, 5.74) is 9.69. The molecule has 6 aromatic heterocycles. The molecular weight excluding hydrogens is 761 g/mol. The van der Waals surface area contributed by atoms with Crippen LogP contribution in [0.15, 0.2) is 85.5 Å². The van der Waals surface area contributed by atoms with Crippen molar-refractivity contribution >= 4 is 23.2 Å². The van der Waals surface area contributed by atoms with Gasteiger partial charge in [0.1, 0.15) is 11.6 Å². The molecule has 0 saturated heterocycles. The number of carboxylic acids is 2. The Morgan fingerprint density at radius 2 is 0.933 bits per heavy atom. The van der Waals surface area contributed by atoms with E-state index in [1.165, 1.54) is 0 Å². The Kier molecular flexibility index (Phi) is 13.9. The van der Waals surface area contributed by atoms with E-state index >= 15 is 0 Å². The van der Waals surface area contributed by atoms with E-state index in [1.54, 1.807) is 0 Å². The predicted octanol–water partition coefficient (Wildman–Crippen LogP) is 6.57. The number of nitrogens with zero attached hydrogens (tertiary/aromatic N) is 12. The quantitative estimate of drug-likeness (QED) is 0.119. The molecule has 16 heteroatoms. The highest BCUT2D eigenvalue weighted by molar-refractivity contribution is 5.68. The van der Waals surface area contributed by atoms with Gasteiger partial charge in [0.25, 0.3) is 0 Å². The number of carbonyl (C=O) groups is 2.